The highest BCUT2D eigenvalue weighted by molar-refractivity contribution is 5.76. The highest BCUT2D eigenvalue weighted by Crippen LogP contribution is 2.13. The molecule has 10 heteroatoms. The second-order valence-electron chi connectivity index (χ2n) is 5.70. The molecule has 27 heavy (non-hydrogen) atoms. The SMILES string of the molecule is O=C(CCc1nc(-c2ncn[nH]2)no1)NCc1ccccc1-n1cccn1. The monoisotopic (exact) mass is 364 g/mol. The van der Waals surface area contributed by atoms with Crippen LogP contribution in [0.1, 0.15) is 17.9 Å². The van der Waals surface area contributed by atoms with E-state index in [9.17, 15) is 4.79 Å². The first kappa shape index (κ1) is 16.6. The summed E-state index contributed by atoms with van der Waals surface area (Å²) in [6.45, 7) is 0.405. The molecule has 0 aliphatic carbocycles. The molecule has 0 bridgehead atoms. The molecule has 0 unspecified atom stereocenters. The van der Waals surface area contributed by atoms with Gasteiger partial charge in [0.1, 0.15) is 6.33 Å². The molecular formula is C17H16N8O2. The van der Waals surface area contributed by atoms with Crippen molar-refractivity contribution in [1.82, 2.24) is 40.4 Å². The van der Waals surface area contributed by atoms with Gasteiger partial charge in [0, 0.05) is 31.8 Å². The Labute approximate surface area is 153 Å². The number of aromatic amines is 1. The van der Waals surface area contributed by atoms with E-state index in [1.165, 1.54) is 6.33 Å². The quantitative estimate of drug-likeness (QED) is 0.506. The van der Waals surface area contributed by atoms with E-state index >= 15 is 0 Å². The molecule has 4 aromatic rings. The lowest BCUT2D eigenvalue weighted by Gasteiger charge is -2.10. The number of para-hydroxylation sites is 1. The smallest absolute Gasteiger partial charge is 0.239 e. The first-order valence-electron chi connectivity index (χ1n) is 8.32. The zero-order chi connectivity index (χ0) is 18.5. The van der Waals surface area contributed by atoms with Crippen molar-refractivity contribution in [3.8, 4) is 17.3 Å². The highest BCUT2D eigenvalue weighted by Gasteiger charge is 2.13. The Morgan fingerprint density at radius 2 is 2.19 bits per heavy atom. The van der Waals surface area contributed by atoms with Gasteiger partial charge in [0.25, 0.3) is 0 Å². The zero-order valence-electron chi connectivity index (χ0n) is 14.2. The lowest BCUT2D eigenvalue weighted by Crippen LogP contribution is -2.23. The predicted octanol–water partition coefficient (Wildman–Crippen LogP) is 1.29. The standard InChI is InChI=1S/C17H16N8O2/c26-14(6-7-15-22-17(24-27-15)16-19-11-20-23-16)18-10-12-4-1-2-5-13(12)25-9-3-8-21-25/h1-5,8-9,11H,6-7,10H2,(H,18,26)(H,19,20,23). The third-order valence-electron chi connectivity index (χ3n) is 3.88. The summed E-state index contributed by atoms with van der Waals surface area (Å²) in [6.07, 6.45) is 5.52. The van der Waals surface area contributed by atoms with E-state index in [-0.39, 0.29) is 12.3 Å². The molecule has 0 saturated heterocycles. The first-order valence-corrected chi connectivity index (χ1v) is 8.32. The third kappa shape index (κ3) is 3.89. The van der Waals surface area contributed by atoms with Gasteiger partial charge < -0.3 is 9.84 Å². The summed E-state index contributed by atoms with van der Waals surface area (Å²) in [4.78, 5) is 20.3. The van der Waals surface area contributed by atoms with Gasteiger partial charge in [-0.3, -0.25) is 9.89 Å². The van der Waals surface area contributed by atoms with Crippen LogP contribution in [0.2, 0.25) is 0 Å². The number of hydrogen-bond acceptors (Lipinski definition) is 7. The Hall–Kier alpha value is -3.82. The Bertz CT molecular complexity index is 1010. The molecule has 0 fully saturated rings. The molecule has 1 aromatic carbocycles. The zero-order valence-corrected chi connectivity index (χ0v) is 14.2. The molecule has 0 aliphatic heterocycles. The minimum Gasteiger partial charge on any atom is -0.352 e. The van der Waals surface area contributed by atoms with Gasteiger partial charge in [-0.25, -0.2) is 9.67 Å². The largest absolute Gasteiger partial charge is 0.352 e. The number of nitrogens with one attached hydrogen (secondary N) is 2. The molecule has 0 spiro atoms. The van der Waals surface area contributed by atoms with Gasteiger partial charge in [0.2, 0.25) is 17.6 Å². The number of hydrogen-bond donors (Lipinski definition) is 2. The maximum absolute atomic E-state index is 12.2. The summed E-state index contributed by atoms with van der Waals surface area (Å²) < 4.78 is 6.90. The summed E-state index contributed by atoms with van der Waals surface area (Å²) in [7, 11) is 0. The fourth-order valence-corrected chi connectivity index (χ4v) is 2.56. The fraction of sp³-hybridized carbons (Fsp3) is 0.176. The lowest BCUT2D eigenvalue weighted by atomic mass is 10.1. The van der Waals surface area contributed by atoms with Crippen LogP contribution in [-0.2, 0) is 17.8 Å². The molecule has 0 aliphatic rings. The molecule has 0 radical (unpaired) electrons. The topological polar surface area (TPSA) is 127 Å². The Balaban J connectivity index is 1.32. The number of aryl methyl sites for hydroxylation is 1. The van der Waals surface area contributed by atoms with E-state index in [0.717, 1.165) is 11.3 Å². The molecule has 136 valence electrons. The third-order valence-corrected chi connectivity index (χ3v) is 3.88. The van der Waals surface area contributed by atoms with Crippen LogP contribution < -0.4 is 5.32 Å². The van der Waals surface area contributed by atoms with Crippen LogP contribution in [0.4, 0.5) is 0 Å². The van der Waals surface area contributed by atoms with E-state index < -0.39 is 0 Å². The Morgan fingerprint density at radius 1 is 1.26 bits per heavy atom. The van der Waals surface area contributed by atoms with Crippen LogP contribution in [0.3, 0.4) is 0 Å². The second kappa shape index (κ2) is 7.60. The van der Waals surface area contributed by atoms with Gasteiger partial charge >= 0.3 is 0 Å². The number of carbonyl (C=O) groups excluding carboxylic acids is 1. The van der Waals surface area contributed by atoms with Gasteiger partial charge in [0.05, 0.1) is 5.69 Å². The van der Waals surface area contributed by atoms with E-state index in [2.05, 4.69) is 35.7 Å². The van der Waals surface area contributed by atoms with Crippen LogP contribution in [0.25, 0.3) is 17.3 Å². The normalized spacial score (nSPS) is 10.8. The van der Waals surface area contributed by atoms with Crippen molar-refractivity contribution in [2.75, 3.05) is 0 Å². The van der Waals surface area contributed by atoms with Crippen LogP contribution in [-0.4, -0.2) is 41.0 Å². The number of carbonyl (C=O) groups is 1. The molecule has 4 rings (SSSR count). The molecule has 3 heterocycles. The van der Waals surface area contributed by atoms with Gasteiger partial charge in [-0.05, 0) is 17.7 Å². The van der Waals surface area contributed by atoms with E-state index in [1.54, 1.807) is 10.9 Å². The summed E-state index contributed by atoms with van der Waals surface area (Å²) in [5, 5.41) is 17.3. The number of amides is 1. The molecular weight excluding hydrogens is 348 g/mol. The van der Waals surface area contributed by atoms with Crippen molar-refractivity contribution in [3.05, 3.63) is 60.5 Å². The highest BCUT2D eigenvalue weighted by atomic mass is 16.5. The van der Waals surface area contributed by atoms with Gasteiger partial charge in [-0.2, -0.15) is 15.2 Å². The summed E-state index contributed by atoms with van der Waals surface area (Å²) in [5.41, 5.74) is 1.90. The average Bonchev–Trinajstić information content (AvgIpc) is 3.46. The number of H-pyrrole nitrogens is 1. The molecule has 2 N–H and O–H groups in total. The number of aromatic nitrogens is 7. The van der Waals surface area contributed by atoms with Gasteiger partial charge in [-0.15, -0.1) is 0 Å². The van der Waals surface area contributed by atoms with E-state index in [4.69, 9.17) is 4.52 Å². The maximum Gasteiger partial charge on any atom is 0.239 e. The molecule has 3 aromatic heterocycles. The van der Waals surface area contributed by atoms with E-state index in [1.807, 2.05) is 36.5 Å². The maximum atomic E-state index is 12.2. The molecule has 0 saturated carbocycles. The lowest BCUT2D eigenvalue weighted by molar-refractivity contribution is -0.121. The summed E-state index contributed by atoms with van der Waals surface area (Å²) in [6, 6.07) is 9.63. The van der Waals surface area contributed by atoms with Crippen molar-refractivity contribution >= 4 is 5.91 Å². The summed E-state index contributed by atoms with van der Waals surface area (Å²) >= 11 is 0. The molecule has 1 amide bonds. The van der Waals surface area contributed by atoms with Crippen LogP contribution in [0.5, 0.6) is 0 Å². The molecule has 0 atom stereocenters. The minimum atomic E-state index is -0.107. The van der Waals surface area contributed by atoms with Crippen molar-refractivity contribution in [2.24, 2.45) is 0 Å². The van der Waals surface area contributed by atoms with Crippen molar-refractivity contribution in [1.29, 1.82) is 0 Å². The summed E-state index contributed by atoms with van der Waals surface area (Å²) in [5.74, 6) is 0.999. The Morgan fingerprint density at radius 3 is 3.00 bits per heavy atom. The van der Waals surface area contributed by atoms with Gasteiger partial charge in [-0.1, -0.05) is 23.4 Å². The Kier molecular flexibility index (Phi) is 4.68. The van der Waals surface area contributed by atoms with Crippen molar-refractivity contribution in [2.45, 2.75) is 19.4 Å². The first-order chi connectivity index (χ1) is 13.3. The van der Waals surface area contributed by atoms with Crippen LogP contribution in [0.15, 0.2) is 53.6 Å². The van der Waals surface area contributed by atoms with Crippen LogP contribution in [0, 0.1) is 0 Å². The number of benzene rings is 1. The second-order valence-corrected chi connectivity index (χ2v) is 5.70. The minimum absolute atomic E-state index is 0.107. The predicted molar refractivity (Wildman–Crippen MR) is 93.4 cm³/mol. The molecule has 10 nitrogen and oxygen atoms in total. The number of rotatable bonds is 7. The van der Waals surface area contributed by atoms with Gasteiger partial charge in [0.15, 0.2) is 5.82 Å². The van der Waals surface area contributed by atoms with Crippen molar-refractivity contribution < 1.29 is 9.32 Å². The fourth-order valence-electron chi connectivity index (χ4n) is 2.56. The number of nitrogens with zero attached hydrogens (tertiary/aromatic N) is 6. The van der Waals surface area contributed by atoms with E-state index in [0.29, 0.717) is 30.5 Å². The average molecular weight is 364 g/mol. The van der Waals surface area contributed by atoms with Crippen LogP contribution >= 0.6 is 0 Å². The van der Waals surface area contributed by atoms with Crippen molar-refractivity contribution in [3.63, 3.8) is 0 Å².